The zero-order valence-corrected chi connectivity index (χ0v) is 14.7. The third kappa shape index (κ3) is 3.62. The molecule has 2 aromatic carbocycles. The Morgan fingerprint density at radius 2 is 2.00 bits per heavy atom. The molecule has 134 valence electrons. The molecule has 7 nitrogen and oxygen atoms in total. The molecule has 0 radical (unpaired) electrons. The van der Waals surface area contributed by atoms with E-state index < -0.39 is 17.9 Å². The first kappa shape index (κ1) is 17.8. The number of nitrogens with two attached hydrogens (primary N) is 1. The summed E-state index contributed by atoms with van der Waals surface area (Å²) in [5, 5.41) is 8.93. The molecule has 3 rings (SSSR count). The van der Waals surface area contributed by atoms with Crippen molar-refractivity contribution in [1.82, 2.24) is 0 Å². The SMILES string of the molecule is COc1ccc(Cl)cc1NC(=O)C1=NN(c2ccccc2)C(C(N)=O)C1. The van der Waals surface area contributed by atoms with Crippen molar-refractivity contribution in [3.8, 4) is 5.75 Å². The molecule has 1 unspecified atom stereocenters. The molecule has 3 N–H and O–H groups in total. The summed E-state index contributed by atoms with van der Waals surface area (Å²) in [5.74, 6) is -0.538. The van der Waals surface area contributed by atoms with Crippen molar-refractivity contribution in [2.45, 2.75) is 12.5 Å². The van der Waals surface area contributed by atoms with E-state index in [1.165, 1.54) is 12.1 Å². The predicted molar refractivity (Wildman–Crippen MR) is 101 cm³/mol. The molecular weight excluding hydrogens is 356 g/mol. The van der Waals surface area contributed by atoms with Crippen LogP contribution in [0.5, 0.6) is 5.75 Å². The highest BCUT2D eigenvalue weighted by Gasteiger charge is 2.35. The van der Waals surface area contributed by atoms with Gasteiger partial charge in [-0.15, -0.1) is 0 Å². The first-order chi connectivity index (χ1) is 12.5. The second-order valence-corrected chi connectivity index (χ2v) is 6.08. The fourth-order valence-corrected chi connectivity index (χ4v) is 2.83. The summed E-state index contributed by atoms with van der Waals surface area (Å²) in [6, 6.07) is 13.2. The Labute approximate surface area is 155 Å². The highest BCUT2D eigenvalue weighted by molar-refractivity contribution is 6.44. The lowest BCUT2D eigenvalue weighted by Gasteiger charge is -2.20. The Morgan fingerprint density at radius 3 is 2.65 bits per heavy atom. The lowest BCUT2D eigenvalue weighted by Crippen LogP contribution is -2.39. The zero-order chi connectivity index (χ0) is 18.7. The number of ether oxygens (including phenoxy) is 1. The van der Waals surface area contributed by atoms with Gasteiger partial charge in [0.1, 0.15) is 17.5 Å². The quantitative estimate of drug-likeness (QED) is 0.842. The van der Waals surface area contributed by atoms with Crippen molar-refractivity contribution in [2.75, 3.05) is 17.4 Å². The molecule has 0 fully saturated rings. The number of halogens is 1. The smallest absolute Gasteiger partial charge is 0.272 e. The molecule has 0 saturated carbocycles. The molecule has 0 aliphatic carbocycles. The van der Waals surface area contributed by atoms with Gasteiger partial charge in [-0.05, 0) is 30.3 Å². The van der Waals surface area contributed by atoms with E-state index in [0.717, 1.165) is 0 Å². The average molecular weight is 373 g/mol. The van der Waals surface area contributed by atoms with E-state index >= 15 is 0 Å². The number of para-hydroxylation sites is 1. The summed E-state index contributed by atoms with van der Waals surface area (Å²) in [6.45, 7) is 0. The number of nitrogens with zero attached hydrogens (tertiary/aromatic N) is 2. The fourth-order valence-electron chi connectivity index (χ4n) is 2.66. The molecule has 1 atom stereocenters. The molecule has 1 heterocycles. The number of primary amides is 1. The summed E-state index contributed by atoms with van der Waals surface area (Å²) in [4.78, 5) is 24.4. The first-order valence-electron chi connectivity index (χ1n) is 7.85. The second-order valence-electron chi connectivity index (χ2n) is 5.65. The first-order valence-corrected chi connectivity index (χ1v) is 8.23. The number of hydrogen-bond acceptors (Lipinski definition) is 5. The second kappa shape index (κ2) is 7.45. The van der Waals surface area contributed by atoms with Gasteiger partial charge in [0.05, 0.1) is 18.5 Å². The molecule has 0 saturated heterocycles. The van der Waals surface area contributed by atoms with Crippen LogP contribution in [0, 0.1) is 0 Å². The van der Waals surface area contributed by atoms with Crippen LogP contribution in [0.3, 0.4) is 0 Å². The van der Waals surface area contributed by atoms with E-state index in [2.05, 4.69) is 10.4 Å². The molecule has 0 aromatic heterocycles. The van der Waals surface area contributed by atoms with Crippen LogP contribution >= 0.6 is 11.6 Å². The maximum atomic E-state index is 12.6. The van der Waals surface area contributed by atoms with E-state index in [-0.39, 0.29) is 12.1 Å². The number of methoxy groups -OCH3 is 1. The van der Waals surface area contributed by atoms with Gasteiger partial charge < -0.3 is 15.8 Å². The predicted octanol–water partition coefficient (Wildman–Crippen LogP) is 2.41. The van der Waals surface area contributed by atoms with Gasteiger partial charge in [0, 0.05) is 11.4 Å². The number of carbonyl (C=O) groups is 2. The van der Waals surface area contributed by atoms with Gasteiger partial charge in [-0.1, -0.05) is 29.8 Å². The van der Waals surface area contributed by atoms with E-state index in [1.807, 2.05) is 18.2 Å². The van der Waals surface area contributed by atoms with Crippen molar-refractivity contribution in [2.24, 2.45) is 10.8 Å². The number of amides is 2. The Kier molecular flexibility index (Phi) is 5.09. The van der Waals surface area contributed by atoms with Crippen LogP contribution in [-0.2, 0) is 9.59 Å². The average Bonchev–Trinajstić information content (AvgIpc) is 3.08. The normalized spacial score (nSPS) is 16.2. The van der Waals surface area contributed by atoms with E-state index in [0.29, 0.717) is 22.1 Å². The van der Waals surface area contributed by atoms with Crippen molar-refractivity contribution in [3.63, 3.8) is 0 Å². The third-order valence-corrected chi connectivity index (χ3v) is 4.17. The van der Waals surface area contributed by atoms with Crippen LogP contribution in [-0.4, -0.2) is 30.7 Å². The van der Waals surface area contributed by atoms with Crippen LogP contribution in [0.1, 0.15) is 6.42 Å². The number of hydrazone groups is 1. The van der Waals surface area contributed by atoms with Crippen LogP contribution in [0.2, 0.25) is 5.02 Å². The summed E-state index contributed by atoms with van der Waals surface area (Å²) >= 11 is 5.98. The van der Waals surface area contributed by atoms with Crippen LogP contribution in [0.15, 0.2) is 53.6 Å². The molecule has 26 heavy (non-hydrogen) atoms. The molecule has 1 aliphatic heterocycles. The summed E-state index contributed by atoms with van der Waals surface area (Å²) in [5.41, 5.74) is 6.78. The Bertz CT molecular complexity index is 870. The Balaban J connectivity index is 1.86. The number of carbonyl (C=O) groups excluding carboxylic acids is 2. The summed E-state index contributed by atoms with van der Waals surface area (Å²) in [7, 11) is 1.49. The molecule has 0 bridgehead atoms. The summed E-state index contributed by atoms with van der Waals surface area (Å²) in [6.07, 6.45) is 0.110. The molecule has 0 spiro atoms. The molecule has 2 aromatic rings. The van der Waals surface area contributed by atoms with Crippen LogP contribution < -0.4 is 20.8 Å². The minimum absolute atomic E-state index is 0.110. The lowest BCUT2D eigenvalue weighted by atomic mass is 10.1. The molecule has 2 amide bonds. The highest BCUT2D eigenvalue weighted by Crippen LogP contribution is 2.29. The minimum atomic E-state index is -0.723. The number of nitrogens with one attached hydrogen (secondary N) is 1. The van der Waals surface area contributed by atoms with Gasteiger partial charge in [-0.3, -0.25) is 14.6 Å². The Morgan fingerprint density at radius 1 is 1.27 bits per heavy atom. The minimum Gasteiger partial charge on any atom is -0.495 e. The van der Waals surface area contributed by atoms with Gasteiger partial charge in [0.15, 0.2) is 0 Å². The number of benzene rings is 2. The topological polar surface area (TPSA) is 97.0 Å². The van der Waals surface area contributed by atoms with Crippen LogP contribution in [0.25, 0.3) is 0 Å². The van der Waals surface area contributed by atoms with Gasteiger partial charge in [-0.2, -0.15) is 5.10 Å². The maximum Gasteiger partial charge on any atom is 0.272 e. The maximum absolute atomic E-state index is 12.6. The van der Waals surface area contributed by atoms with E-state index in [9.17, 15) is 9.59 Å². The lowest BCUT2D eigenvalue weighted by molar-refractivity contribution is -0.119. The van der Waals surface area contributed by atoms with Crippen molar-refractivity contribution in [1.29, 1.82) is 0 Å². The van der Waals surface area contributed by atoms with Crippen molar-refractivity contribution < 1.29 is 14.3 Å². The standard InChI is InChI=1S/C18H17ClN4O3/c1-26-16-8-7-11(19)9-13(16)21-18(25)14-10-15(17(20)24)23(22-14)12-5-3-2-4-6-12/h2-9,15H,10H2,1H3,(H2,20,24)(H,21,25). The van der Waals surface area contributed by atoms with Gasteiger partial charge in [0.25, 0.3) is 5.91 Å². The van der Waals surface area contributed by atoms with Crippen molar-refractivity contribution in [3.05, 3.63) is 53.6 Å². The summed E-state index contributed by atoms with van der Waals surface area (Å²) < 4.78 is 5.22. The van der Waals surface area contributed by atoms with Gasteiger partial charge in [-0.25, -0.2) is 0 Å². The molecular formula is C18H17ClN4O3. The fraction of sp³-hybridized carbons (Fsp3) is 0.167. The largest absolute Gasteiger partial charge is 0.495 e. The molecule has 1 aliphatic rings. The van der Waals surface area contributed by atoms with E-state index in [1.54, 1.807) is 30.3 Å². The van der Waals surface area contributed by atoms with E-state index in [4.69, 9.17) is 22.1 Å². The Hall–Kier alpha value is -3.06. The number of anilines is 2. The highest BCUT2D eigenvalue weighted by atomic mass is 35.5. The number of rotatable bonds is 5. The zero-order valence-electron chi connectivity index (χ0n) is 14.0. The van der Waals surface area contributed by atoms with Crippen molar-refractivity contribution >= 4 is 40.5 Å². The van der Waals surface area contributed by atoms with Gasteiger partial charge in [0.2, 0.25) is 5.91 Å². The van der Waals surface area contributed by atoms with Gasteiger partial charge >= 0.3 is 0 Å². The van der Waals surface area contributed by atoms with Crippen LogP contribution in [0.4, 0.5) is 11.4 Å². The molecule has 8 heteroatoms. The third-order valence-electron chi connectivity index (χ3n) is 3.93. The number of hydrogen-bond donors (Lipinski definition) is 2. The monoisotopic (exact) mass is 372 g/mol.